The van der Waals surface area contributed by atoms with Crippen LogP contribution in [0.25, 0.3) is 0 Å². The van der Waals surface area contributed by atoms with Crippen LogP contribution in [0.1, 0.15) is 11.1 Å². The molecule has 0 radical (unpaired) electrons. The van der Waals surface area contributed by atoms with E-state index in [1.54, 1.807) is 0 Å². The summed E-state index contributed by atoms with van der Waals surface area (Å²) < 4.78 is 48.4. The molecule has 0 bridgehead atoms. The van der Waals surface area contributed by atoms with E-state index in [0.717, 1.165) is 36.5 Å². The number of rotatable bonds is 24. The first-order chi connectivity index (χ1) is 25.5. The summed E-state index contributed by atoms with van der Waals surface area (Å²) in [6.45, 7) is 16.8. The number of esters is 3. The number of benzene rings is 2. The van der Waals surface area contributed by atoms with Gasteiger partial charge in [0.25, 0.3) is 0 Å². The van der Waals surface area contributed by atoms with Crippen molar-refractivity contribution in [3.63, 3.8) is 0 Å². The van der Waals surface area contributed by atoms with Gasteiger partial charge in [0.05, 0.1) is 0 Å². The number of carbonyl (C=O) groups excluding carboxylic acids is 6. The van der Waals surface area contributed by atoms with Crippen LogP contribution in [-0.4, -0.2) is 75.5 Å². The van der Waals surface area contributed by atoms with E-state index in [1.165, 1.54) is 24.3 Å². The first-order valence-corrected chi connectivity index (χ1v) is 15.0. The maximum atomic E-state index is 12.0. The Bertz CT molecular complexity index is 1750. The molecule has 15 heteroatoms. The highest BCUT2D eigenvalue weighted by Crippen LogP contribution is 2.40. The summed E-state index contributed by atoms with van der Waals surface area (Å²) >= 11 is 0. The molecule has 0 spiro atoms. The van der Waals surface area contributed by atoms with Gasteiger partial charge in [-0.1, -0.05) is 51.3 Å². The van der Waals surface area contributed by atoms with Crippen LogP contribution in [0, 0.1) is 11.8 Å². The third-order valence-corrected chi connectivity index (χ3v) is 5.91. The summed E-state index contributed by atoms with van der Waals surface area (Å²) in [6.07, 6.45) is 5.84. The number of ketones is 3. The van der Waals surface area contributed by atoms with E-state index in [2.05, 4.69) is 51.3 Å². The van der Waals surface area contributed by atoms with Crippen molar-refractivity contribution in [3.05, 3.63) is 111 Å². The Morgan fingerprint density at radius 2 is 0.736 bits per heavy atom. The minimum Gasteiger partial charge on any atom is -0.481 e. The van der Waals surface area contributed by atoms with E-state index >= 15 is 0 Å². The lowest BCUT2D eigenvalue weighted by Gasteiger charge is -2.17. The van der Waals surface area contributed by atoms with Crippen LogP contribution >= 0.6 is 0 Å². The topological polar surface area (TPSA) is 185 Å². The Kier molecular flexibility index (Phi) is 17.7. The highest BCUT2D eigenvalue weighted by Gasteiger charge is 2.20. The van der Waals surface area contributed by atoms with E-state index in [-0.39, 0.29) is 45.6 Å². The fourth-order valence-electron chi connectivity index (χ4n) is 3.40. The second kappa shape index (κ2) is 22.4. The van der Waals surface area contributed by atoms with E-state index in [0.29, 0.717) is 0 Å². The quantitative estimate of drug-likeness (QED) is 0.0500. The summed E-state index contributed by atoms with van der Waals surface area (Å²) in [4.78, 5) is 70.9. The smallest absolute Gasteiger partial charge is 0.333 e. The largest absolute Gasteiger partial charge is 0.481 e. The summed E-state index contributed by atoms with van der Waals surface area (Å²) in [7, 11) is 0. The molecule has 0 aliphatic heterocycles. The van der Waals surface area contributed by atoms with Crippen LogP contribution in [0.15, 0.2) is 100 Å². The van der Waals surface area contributed by atoms with Crippen LogP contribution in [0.3, 0.4) is 0 Å². The summed E-state index contributed by atoms with van der Waals surface area (Å²) in [5, 5.41) is 0. The van der Waals surface area contributed by atoms with E-state index in [9.17, 15) is 28.8 Å². The number of ether oxygens (including phenoxy) is 9. The average Bonchev–Trinajstić information content (AvgIpc) is 3.17. The van der Waals surface area contributed by atoms with Crippen LogP contribution < -0.4 is 28.4 Å². The van der Waals surface area contributed by atoms with Gasteiger partial charge in [-0.25, -0.2) is 14.4 Å². The first-order valence-electron chi connectivity index (χ1n) is 15.0. The predicted octanol–water partition coefficient (Wildman–Crippen LogP) is 3.68. The van der Waals surface area contributed by atoms with Gasteiger partial charge in [0.1, 0.15) is 0 Å². The number of carbonyl (C=O) groups is 6. The van der Waals surface area contributed by atoms with E-state index in [1.807, 2.05) is 0 Å². The highest BCUT2D eigenvalue weighted by atomic mass is 16.7. The van der Waals surface area contributed by atoms with Crippen LogP contribution in [0.5, 0.6) is 34.5 Å². The van der Waals surface area contributed by atoms with Crippen LogP contribution in [-0.2, 0) is 43.0 Å². The maximum Gasteiger partial charge on any atom is 0.333 e. The van der Waals surface area contributed by atoms with Gasteiger partial charge in [-0.3, -0.25) is 14.4 Å². The molecule has 0 aliphatic rings. The number of hydrogen-bond acceptors (Lipinski definition) is 15. The normalized spacial score (nSPS) is 9.58. The predicted molar refractivity (Wildman–Crippen MR) is 186 cm³/mol. The molecular weight excluding hydrogens is 696 g/mol. The molecule has 0 aliphatic carbocycles. The van der Waals surface area contributed by atoms with Crippen molar-refractivity contribution in [1.29, 1.82) is 0 Å². The highest BCUT2D eigenvalue weighted by molar-refractivity contribution is 5.91. The zero-order chi connectivity index (χ0) is 39.2. The van der Waals surface area contributed by atoms with Crippen molar-refractivity contribution in [2.24, 2.45) is 0 Å². The molecule has 0 saturated heterocycles. The molecule has 0 saturated carbocycles. The second-order valence-electron chi connectivity index (χ2n) is 9.52. The van der Waals surface area contributed by atoms with Gasteiger partial charge in [-0.15, -0.1) is 0 Å². The lowest BCUT2D eigenvalue weighted by atomic mass is 10.1. The summed E-state index contributed by atoms with van der Waals surface area (Å²) in [5.74, 6) is 1.10. The van der Waals surface area contributed by atoms with Gasteiger partial charge < -0.3 is 42.6 Å². The molecule has 0 unspecified atom stereocenters. The van der Waals surface area contributed by atoms with Crippen LogP contribution in [0.4, 0.5) is 0 Å². The van der Waals surface area contributed by atoms with Crippen molar-refractivity contribution >= 4 is 35.3 Å². The van der Waals surface area contributed by atoms with Gasteiger partial charge in [0.2, 0.25) is 31.9 Å². The standard InChI is InChI=1S/C38H34O15/c1-7-27(39)19-45-30-15-25(16-31(46-20-28(40)8-2)37(30)47-21-29(41)9-3)13-14-26-17-32(48-22-50-34(42)10-4)38(53-24-52-36(44)12-6)33(18-26)49-23-51-35(43)11-5/h7-12,15-18H,1-6,19-24H2. The zero-order valence-electron chi connectivity index (χ0n) is 28.4. The molecule has 15 nitrogen and oxygen atoms in total. The van der Waals surface area contributed by atoms with E-state index in [4.69, 9.17) is 42.6 Å². The second-order valence-corrected chi connectivity index (χ2v) is 9.52. The lowest BCUT2D eigenvalue weighted by Crippen LogP contribution is -2.14. The average molecular weight is 731 g/mol. The molecule has 0 amide bonds. The van der Waals surface area contributed by atoms with Gasteiger partial charge in [0.15, 0.2) is 60.2 Å². The fraction of sp³-hybridized carbons (Fsp3) is 0.158. The third kappa shape index (κ3) is 14.6. The Morgan fingerprint density at radius 3 is 1.08 bits per heavy atom. The molecule has 2 aromatic rings. The maximum absolute atomic E-state index is 12.0. The Balaban J connectivity index is 2.74. The molecule has 0 heterocycles. The monoisotopic (exact) mass is 730 g/mol. The minimum atomic E-state index is -0.810. The molecule has 0 atom stereocenters. The number of hydrogen-bond donors (Lipinski definition) is 0. The zero-order valence-corrected chi connectivity index (χ0v) is 28.4. The molecule has 276 valence electrons. The fourth-order valence-corrected chi connectivity index (χ4v) is 3.40. The van der Waals surface area contributed by atoms with Crippen molar-refractivity contribution in [1.82, 2.24) is 0 Å². The Labute approximate surface area is 304 Å². The lowest BCUT2D eigenvalue weighted by molar-refractivity contribution is -0.146. The van der Waals surface area contributed by atoms with Crippen molar-refractivity contribution < 1.29 is 71.4 Å². The van der Waals surface area contributed by atoms with E-state index < -0.39 is 75.5 Å². The molecule has 53 heavy (non-hydrogen) atoms. The molecule has 2 rings (SSSR count). The summed E-state index contributed by atoms with van der Waals surface area (Å²) in [5.41, 5.74) is 0.358. The molecule has 0 aromatic heterocycles. The van der Waals surface area contributed by atoms with Gasteiger partial charge in [0, 0.05) is 41.5 Å². The van der Waals surface area contributed by atoms with Crippen molar-refractivity contribution in [2.45, 2.75) is 0 Å². The van der Waals surface area contributed by atoms with Crippen LogP contribution in [0.2, 0.25) is 0 Å². The molecule has 0 N–H and O–H groups in total. The molecular formula is C38H34O15. The molecule has 2 aromatic carbocycles. The Morgan fingerprint density at radius 1 is 0.434 bits per heavy atom. The first kappa shape index (κ1) is 41.8. The Hall–Kier alpha value is -7.34. The minimum absolute atomic E-state index is 0.0798. The van der Waals surface area contributed by atoms with Crippen molar-refractivity contribution in [2.75, 3.05) is 40.2 Å². The third-order valence-electron chi connectivity index (χ3n) is 5.91. The van der Waals surface area contributed by atoms with Gasteiger partial charge in [-0.2, -0.15) is 0 Å². The van der Waals surface area contributed by atoms with Gasteiger partial charge in [-0.05, 0) is 30.4 Å². The van der Waals surface area contributed by atoms with Crippen molar-refractivity contribution in [3.8, 4) is 46.3 Å². The van der Waals surface area contributed by atoms with Gasteiger partial charge >= 0.3 is 17.9 Å². The summed E-state index contributed by atoms with van der Waals surface area (Å²) in [6, 6.07) is 5.45. The molecule has 0 fully saturated rings. The SMILES string of the molecule is C=CC(=O)COc1cc(C#Cc2cc(OCOC(=O)C=C)c(OCOC(=O)C=C)c(OCOC(=O)C=C)c2)cc(OCC(=O)C=C)c1OCC(=O)C=C.